The first kappa shape index (κ1) is 12.0. The standard InChI is InChI=1S/C13H16N4O2/c1-16-8-7-11(14-16)17-10-6-4-2-3-5-9(10)12(15-17)13(18)19/h7-8H,2-6H2,1H3,(H,18,19). The van der Waals surface area contributed by atoms with Gasteiger partial charge in [0.2, 0.25) is 0 Å². The molecule has 0 radical (unpaired) electrons. The Kier molecular flexibility index (Phi) is 2.85. The Labute approximate surface area is 110 Å². The predicted octanol–water partition coefficient (Wildman–Crippen LogP) is 1.57. The van der Waals surface area contributed by atoms with Gasteiger partial charge < -0.3 is 5.11 Å². The van der Waals surface area contributed by atoms with Crippen LogP contribution < -0.4 is 0 Å². The van der Waals surface area contributed by atoms with E-state index in [1.165, 1.54) is 0 Å². The predicted molar refractivity (Wildman–Crippen MR) is 68.5 cm³/mol. The Morgan fingerprint density at radius 2 is 2.05 bits per heavy atom. The molecule has 1 aliphatic carbocycles. The number of carbonyl (C=O) groups is 1. The molecular weight excluding hydrogens is 244 g/mol. The van der Waals surface area contributed by atoms with Gasteiger partial charge >= 0.3 is 5.97 Å². The Hall–Kier alpha value is -2.11. The zero-order valence-electron chi connectivity index (χ0n) is 10.8. The van der Waals surface area contributed by atoms with Crippen molar-refractivity contribution >= 4 is 5.97 Å². The SMILES string of the molecule is Cn1ccc(-n2nc(C(=O)O)c3c2CCCCC3)n1. The number of aromatic nitrogens is 4. The van der Waals surface area contributed by atoms with Gasteiger partial charge in [0.15, 0.2) is 11.5 Å². The fourth-order valence-corrected chi connectivity index (χ4v) is 2.65. The number of hydrogen-bond acceptors (Lipinski definition) is 3. The minimum atomic E-state index is -0.951. The van der Waals surface area contributed by atoms with Crippen molar-refractivity contribution in [3.63, 3.8) is 0 Å². The van der Waals surface area contributed by atoms with Crippen LogP contribution in [0.15, 0.2) is 12.3 Å². The van der Waals surface area contributed by atoms with Crippen molar-refractivity contribution < 1.29 is 9.90 Å². The summed E-state index contributed by atoms with van der Waals surface area (Å²) < 4.78 is 3.39. The topological polar surface area (TPSA) is 72.9 Å². The summed E-state index contributed by atoms with van der Waals surface area (Å²) in [5, 5.41) is 17.9. The van der Waals surface area contributed by atoms with Gasteiger partial charge in [-0.05, 0) is 25.7 Å². The molecule has 1 aliphatic rings. The highest BCUT2D eigenvalue weighted by molar-refractivity contribution is 5.87. The van der Waals surface area contributed by atoms with Crippen LogP contribution in [0.2, 0.25) is 0 Å². The van der Waals surface area contributed by atoms with Gasteiger partial charge in [-0.1, -0.05) is 6.42 Å². The molecule has 6 heteroatoms. The number of hydrogen-bond donors (Lipinski definition) is 1. The Morgan fingerprint density at radius 1 is 1.26 bits per heavy atom. The number of fused-ring (bicyclic) bond motifs is 1. The van der Waals surface area contributed by atoms with E-state index in [0.29, 0.717) is 5.82 Å². The lowest BCUT2D eigenvalue weighted by Crippen LogP contribution is -2.05. The summed E-state index contributed by atoms with van der Waals surface area (Å²) in [5.74, 6) is -0.263. The number of carboxylic acids is 1. The molecule has 0 spiro atoms. The fraction of sp³-hybridized carbons (Fsp3) is 0.462. The molecule has 2 aromatic heterocycles. The number of carboxylic acid groups (broad SMARTS) is 1. The summed E-state index contributed by atoms with van der Waals surface area (Å²) in [6.07, 6.45) is 6.73. The van der Waals surface area contributed by atoms with E-state index in [4.69, 9.17) is 0 Å². The van der Waals surface area contributed by atoms with E-state index in [1.807, 2.05) is 19.3 Å². The third kappa shape index (κ3) is 2.03. The molecular formula is C13H16N4O2. The second kappa shape index (κ2) is 4.53. The highest BCUT2D eigenvalue weighted by atomic mass is 16.4. The van der Waals surface area contributed by atoms with Gasteiger partial charge in [-0.15, -0.1) is 0 Å². The van der Waals surface area contributed by atoms with E-state index < -0.39 is 5.97 Å². The van der Waals surface area contributed by atoms with E-state index in [0.717, 1.165) is 43.4 Å². The van der Waals surface area contributed by atoms with Gasteiger partial charge in [-0.3, -0.25) is 4.68 Å². The van der Waals surface area contributed by atoms with E-state index in [9.17, 15) is 9.90 Å². The number of rotatable bonds is 2. The molecule has 0 bridgehead atoms. The van der Waals surface area contributed by atoms with Gasteiger partial charge in [-0.25, -0.2) is 9.48 Å². The van der Waals surface area contributed by atoms with E-state index in [1.54, 1.807) is 9.36 Å². The first-order valence-electron chi connectivity index (χ1n) is 6.51. The molecule has 6 nitrogen and oxygen atoms in total. The highest BCUT2D eigenvalue weighted by Crippen LogP contribution is 2.25. The molecule has 0 saturated heterocycles. The normalized spacial score (nSPS) is 15.0. The lowest BCUT2D eigenvalue weighted by atomic mass is 10.1. The smallest absolute Gasteiger partial charge is 0.356 e. The molecule has 0 aliphatic heterocycles. The third-order valence-electron chi connectivity index (χ3n) is 3.55. The molecule has 2 aromatic rings. The van der Waals surface area contributed by atoms with Gasteiger partial charge in [0.1, 0.15) is 0 Å². The molecule has 0 unspecified atom stereocenters. The zero-order chi connectivity index (χ0) is 13.4. The van der Waals surface area contributed by atoms with Gasteiger partial charge in [-0.2, -0.15) is 10.2 Å². The van der Waals surface area contributed by atoms with E-state index in [-0.39, 0.29) is 5.69 Å². The summed E-state index contributed by atoms with van der Waals surface area (Å²) in [6.45, 7) is 0. The van der Waals surface area contributed by atoms with Gasteiger partial charge in [0.25, 0.3) is 0 Å². The molecule has 0 saturated carbocycles. The second-order valence-electron chi connectivity index (χ2n) is 4.90. The Balaban J connectivity index is 2.16. The molecule has 0 fully saturated rings. The summed E-state index contributed by atoms with van der Waals surface area (Å²) >= 11 is 0. The maximum Gasteiger partial charge on any atom is 0.356 e. The van der Waals surface area contributed by atoms with Crippen molar-refractivity contribution in [1.29, 1.82) is 0 Å². The average Bonchev–Trinajstić information content (AvgIpc) is 2.86. The van der Waals surface area contributed by atoms with Crippen LogP contribution in [0.5, 0.6) is 0 Å². The summed E-state index contributed by atoms with van der Waals surface area (Å²) in [7, 11) is 1.84. The number of nitrogens with zero attached hydrogens (tertiary/aromatic N) is 4. The quantitative estimate of drug-likeness (QED) is 0.832. The van der Waals surface area contributed by atoms with Crippen LogP contribution in [0.4, 0.5) is 0 Å². The number of aryl methyl sites for hydroxylation is 1. The lowest BCUT2D eigenvalue weighted by Gasteiger charge is -2.03. The average molecular weight is 260 g/mol. The van der Waals surface area contributed by atoms with Crippen molar-refractivity contribution in [2.24, 2.45) is 7.05 Å². The third-order valence-corrected chi connectivity index (χ3v) is 3.55. The molecule has 1 N–H and O–H groups in total. The van der Waals surface area contributed by atoms with Crippen LogP contribution in [0, 0.1) is 0 Å². The molecule has 100 valence electrons. The monoisotopic (exact) mass is 260 g/mol. The number of aromatic carboxylic acids is 1. The molecule has 3 rings (SSSR count). The van der Waals surface area contributed by atoms with Crippen LogP contribution in [-0.4, -0.2) is 30.6 Å². The first-order valence-corrected chi connectivity index (χ1v) is 6.51. The van der Waals surface area contributed by atoms with E-state index >= 15 is 0 Å². The molecule has 19 heavy (non-hydrogen) atoms. The highest BCUT2D eigenvalue weighted by Gasteiger charge is 2.24. The Bertz CT molecular complexity index is 627. The minimum Gasteiger partial charge on any atom is -0.476 e. The fourth-order valence-electron chi connectivity index (χ4n) is 2.65. The lowest BCUT2D eigenvalue weighted by molar-refractivity contribution is 0.0688. The van der Waals surface area contributed by atoms with Crippen molar-refractivity contribution in [3.05, 3.63) is 29.2 Å². The summed E-state index contributed by atoms with van der Waals surface area (Å²) in [5.41, 5.74) is 2.08. The minimum absolute atomic E-state index is 0.183. The maximum atomic E-state index is 11.3. The largest absolute Gasteiger partial charge is 0.476 e. The molecule has 0 amide bonds. The Morgan fingerprint density at radius 3 is 2.74 bits per heavy atom. The second-order valence-corrected chi connectivity index (χ2v) is 4.90. The van der Waals surface area contributed by atoms with Gasteiger partial charge in [0, 0.05) is 24.9 Å². The van der Waals surface area contributed by atoms with Crippen LogP contribution in [0.3, 0.4) is 0 Å². The zero-order valence-corrected chi connectivity index (χ0v) is 10.8. The van der Waals surface area contributed by atoms with Crippen LogP contribution in [0.1, 0.15) is 41.0 Å². The molecule has 0 atom stereocenters. The van der Waals surface area contributed by atoms with Gasteiger partial charge in [0.05, 0.1) is 5.69 Å². The van der Waals surface area contributed by atoms with Crippen LogP contribution in [-0.2, 0) is 19.9 Å². The first-order chi connectivity index (χ1) is 9.16. The van der Waals surface area contributed by atoms with Crippen molar-refractivity contribution in [2.45, 2.75) is 32.1 Å². The summed E-state index contributed by atoms with van der Waals surface area (Å²) in [4.78, 5) is 11.3. The van der Waals surface area contributed by atoms with Crippen LogP contribution in [0.25, 0.3) is 5.82 Å². The van der Waals surface area contributed by atoms with Crippen molar-refractivity contribution in [1.82, 2.24) is 19.6 Å². The summed E-state index contributed by atoms with van der Waals surface area (Å²) in [6, 6.07) is 1.85. The van der Waals surface area contributed by atoms with Crippen LogP contribution >= 0.6 is 0 Å². The maximum absolute atomic E-state index is 11.3. The molecule has 0 aromatic carbocycles. The van der Waals surface area contributed by atoms with Crippen molar-refractivity contribution in [2.75, 3.05) is 0 Å². The van der Waals surface area contributed by atoms with Crippen molar-refractivity contribution in [3.8, 4) is 5.82 Å². The van der Waals surface area contributed by atoms with E-state index in [2.05, 4.69) is 10.2 Å². The molecule has 2 heterocycles.